The number of nitrogens with zero attached hydrogens (tertiary/aromatic N) is 1. The van der Waals surface area contributed by atoms with Crippen LogP contribution in [0.3, 0.4) is 0 Å². The predicted molar refractivity (Wildman–Crippen MR) is 101 cm³/mol. The van der Waals surface area contributed by atoms with E-state index in [1.807, 2.05) is 12.1 Å². The highest BCUT2D eigenvalue weighted by Gasteiger charge is 2.24. The number of rotatable bonds is 5. The molecule has 0 spiro atoms. The summed E-state index contributed by atoms with van der Waals surface area (Å²) >= 11 is 0. The Morgan fingerprint density at radius 1 is 1.00 bits per heavy atom. The van der Waals surface area contributed by atoms with Gasteiger partial charge in [-0.1, -0.05) is 24.3 Å². The van der Waals surface area contributed by atoms with E-state index in [9.17, 15) is 13.2 Å². The van der Waals surface area contributed by atoms with Gasteiger partial charge in [0.25, 0.3) is 10.0 Å². The Morgan fingerprint density at radius 2 is 1.65 bits per heavy atom. The Bertz CT molecular complexity index is 890. The second-order valence-corrected chi connectivity index (χ2v) is 7.81. The van der Waals surface area contributed by atoms with Crippen molar-refractivity contribution in [3.05, 3.63) is 54.1 Å². The minimum Gasteiger partial charge on any atom is -0.465 e. The summed E-state index contributed by atoms with van der Waals surface area (Å²) in [5.74, 6) is -0.685. The highest BCUT2D eigenvalue weighted by atomic mass is 32.2. The van der Waals surface area contributed by atoms with Crippen molar-refractivity contribution >= 4 is 27.4 Å². The van der Waals surface area contributed by atoms with Gasteiger partial charge >= 0.3 is 5.97 Å². The molecule has 2 aromatic carbocycles. The smallest absolute Gasteiger partial charge is 0.339 e. The van der Waals surface area contributed by atoms with E-state index in [4.69, 9.17) is 4.74 Å². The van der Waals surface area contributed by atoms with Crippen LogP contribution in [-0.4, -0.2) is 34.6 Å². The number of hydrogen-bond donors (Lipinski definition) is 1. The van der Waals surface area contributed by atoms with Crippen LogP contribution in [0.5, 0.6) is 0 Å². The van der Waals surface area contributed by atoms with Crippen LogP contribution >= 0.6 is 0 Å². The summed E-state index contributed by atoms with van der Waals surface area (Å²) in [6.45, 7) is 1.80. The van der Waals surface area contributed by atoms with Crippen LogP contribution in [0.15, 0.2) is 53.4 Å². The highest BCUT2D eigenvalue weighted by molar-refractivity contribution is 7.92. The second kappa shape index (κ2) is 7.78. The topological polar surface area (TPSA) is 75.7 Å². The molecule has 26 heavy (non-hydrogen) atoms. The van der Waals surface area contributed by atoms with Gasteiger partial charge in [-0.3, -0.25) is 4.72 Å². The molecule has 1 fully saturated rings. The lowest BCUT2D eigenvalue weighted by atomic mass is 10.1. The minimum atomic E-state index is -3.94. The Kier molecular flexibility index (Phi) is 5.46. The zero-order valence-corrected chi connectivity index (χ0v) is 15.5. The van der Waals surface area contributed by atoms with Crippen molar-refractivity contribution < 1.29 is 17.9 Å². The summed E-state index contributed by atoms with van der Waals surface area (Å²) in [7, 11) is -2.71. The third kappa shape index (κ3) is 3.83. The molecule has 6 nitrogen and oxygen atoms in total. The van der Waals surface area contributed by atoms with E-state index in [0.717, 1.165) is 31.6 Å². The van der Waals surface area contributed by atoms with Crippen LogP contribution in [0.2, 0.25) is 0 Å². The quantitative estimate of drug-likeness (QED) is 0.813. The first-order valence-corrected chi connectivity index (χ1v) is 10.1. The maximum Gasteiger partial charge on any atom is 0.339 e. The molecule has 3 rings (SSSR count). The molecular weight excluding hydrogens is 352 g/mol. The first kappa shape index (κ1) is 18.3. The molecule has 1 N–H and O–H groups in total. The third-order valence-electron chi connectivity index (χ3n) is 4.43. The molecule has 0 bridgehead atoms. The number of nitrogens with one attached hydrogen (secondary N) is 1. The van der Waals surface area contributed by atoms with Gasteiger partial charge in [-0.05, 0) is 43.5 Å². The molecule has 0 aliphatic carbocycles. The lowest BCUT2D eigenvalue weighted by Gasteiger charge is -2.30. The van der Waals surface area contributed by atoms with Gasteiger partial charge in [-0.15, -0.1) is 0 Å². The Morgan fingerprint density at radius 3 is 2.38 bits per heavy atom. The van der Waals surface area contributed by atoms with Crippen LogP contribution in [0.1, 0.15) is 29.6 Å². The number of hydrogen-bond acceptors (Lipinski definition) is 5. The molecule has 0 radical (unpaired) electrons. The number of methoxy groups -OCH3 is 1. The predicted octanol–water partition coefficient (Wildman–Crippen LogP) is 3.26. The fourth-order valence-electron chi connectivity index (χ4n) is 3.15. The maximum atomic E-state index is 12.9. The van der Waals surface area contributed by atoms with E-state index in [1.54, 1.807) is 24.3 Å². The van der Waals surface area contributed by atoms with Crippen molar-refractivity contribution in [2.24, 2.45) is 0 Å². The average molecular weight is 374 g/mol. The molecule has 1 aliphatic rings. The monoisotopic (exact) mass is 374 g/mol. The third-order valence-corrected chi connectivity index (χ3v) is 5.85. The lowest BCUT2D eigenvalue weighted by Crippen LogP contribution is -2.30. The number of esters is 1. The molecule has 0 aromatic heterocycles. The zero-order chi connectivity index (χ0) is 18.6. The molecule has 2 aromatic rings. The maximum absolute atomic E-state index is 12.9. The van der Waals surface area contributed by atoms with Crippen LogP contribution < -0.4 is 9.62 Å². The Hall–Kier alpha value is -2.54. The fourth-order valence-corrected chi connectivity index (χ4v) is 4.42. The van der Waals surface area contributed by atoms with Gasteiger partial charge in [0.1, 0.15) is 4.90 Å². The van der Waals surface area contributed by atoms with Crippen molar-refractivity contribution in [1.29, 1.82) is 0 Å². The number of para-hydroxylation sites is 2. The minimum absolute atomic E-state index is 0.0120. The number of piperidine rings is 1. The number of carbonyl (C=O) groups is 1. The van der Waals surface area contributed by atoms with Gasteiger partial charge < -0.3 is 9.64 Å². The number of ether oxygens (including phenoxy) is 1. The van der Waals surface area contributed by atoms with Gasteiger partial charge in [0.15, 0.2) is 0 Å². The average Bonchev–Trinajstić information content (AvgIpc) is 2.68. The molecule has 0 saturated carbocycles. The molecule has 0 atom stereocenters. The van der Waals surface area contributed by atoms with Gasteiger partial charge in [0.05, 0.1) is 24.0 Å². The SMILES string of the molecule is COC(=O)c1ccccc1S(=O)(=O)Nc1ccccc1N1CCCCC1. The second-order valence-electron chi connectivity index (χ2n) is 6.16. The summed E-state index contributed by atoms with van der Waals surface area (Å²) in [6, 6.07) is 13.4. The first-order valence-electron chi connectivity index (χ1n) is 8.57. The molecule has 7 heteroatoms. The molecule has 1 saturated heterocycles. The lowest BCUT2D eigenvalue weighted by molar-refractivity contribution is 0.0596. The van der Waals surface area contributed by atoms with Crippen LogP contribution in [0.4, 0.5) is 11.4 Å². The standard InChI is InChI=1S/C19H22N2O4S/c1-25-19(22)15-9-3-6-12-18(15)26(23,24)20-16-10-4-5-11-17(16)21-13-7-2-8-14-21/h3-6,9-12,20H,2,7-8,13-14H2,1H3. The van der Waals surface area contributed by atoms with Crippen molar-refractivity contribution in [3.8, 4) is 0 Å². The Labute approximate surface area is 153 Å². The summed E-state index contributed by atoms with van der Waals surface area (Å²) in [4.78, 5) is 14.0. The van der Waals surface area contributed by atoms with Gasteiger partial charge in [-0.25, -0.2) is 13.2 Å². The van der Waals surface area contributed by atoms with Crippen molar-refractivity contribution in [3.63, 3.8) is 0 Å². The molecule has 138 valence electrons. The van der Waals surface area contributed by atoms with Crippen molar-refractivity contribution in [1.82, 2.24) is 0 Å². The molecule has 0 amide bonds. The number of benzene rings is 2. The zero-order valence-electron chi connectivity index (χ0n) is 14.6. The summed E-state index contributed by atoms with van der Waals surface area (Å²) in [6.07, 6.45) is 3.37. The van der Waals surface area contributed by atoms with Crippen LogP contribution in [0.25, 0.3) is 0 Å². The normalized spacial score (nSPS) is 14.7. The molecule has 1 aliphatic heterocycles. The van der Waals surface area contributed by atoms with Gasteiger partial charge in [-0.2, -0.15) is 0 Å². The van der Waals surface area contributed by atoms with Crippen molar-refractivity contribution in [2.75, 3.05) is 29.8 Å². The molecule has 0 unspecified atom stereocenters. The van der Waals surface area contributed by atoms with E-state index < -0.39 is 16.0 Å². The van der Waals surface area contributed by atoms with E-state index in [-0.39, 0.29) is 10.5 Å². The van der Waals surface area contributed by atoms with Gasteiger partial charge in [0.2, 0.25) is 0 Å². The van der Waals surface area contributed by atoms with Crippen molar-refractivity contribution in [2.45, 2.75) is 24.2 Å². The summed E-state index contributed by atoms with van der Waals surface area (Å²) in [5.41, 5.74) is 1.37. The number of anilines is 2. The summed E-state index contributed by atoms with van der Waals surface area (Å²) < 4.78 is 33.2. The Balaban J connectivity index is 1.95. The molecule has 1 heterocycles. The highest BCUT2D eigenvalue weighted by Crippen LogP contribution is 2.30. The van der Waals surface area contributed by atoms with E-state index in [1.165, 1.54) is 25.7 Å². The number of sulfonamides is 1. The van der Waals surface area contributed by atoms with Gasteiger partial charge in [0, 0.05) is 13.1 Å². The van der Waals surface area contributed by atoms with E-state index in [0.29, 0.717) is 5.69 Å². The van der Waals surface area contributed by atoms with E-state index in [2.05, 4.69) is 9.62 Å². The molecular formula is C19H22N2O4S. The van der Waals surface area contributed by atoms with Crippen LogP contribution in [-0.2, 0) is 14.8 Å². The van der Waals surface area contributed by atoms with E-state index >= 15 is 0 Å². The largest absolute Gasteiger partial charge is 0.465 e. The summed E-state index contributed by atoms with van der Waals surface area (Å²) in [5, 5.41) is 0. The van der Waals surface area contributed by atoms with Crippen LogP contribution in [0, 0.1) is 0 Å². The first-order chi connectivity index (χ1) is 12.5. The number of carbonyl (C=O) groups excluding carboxylic acids is 1. The fraction of sp³-hybridized carbons (Fsp3) is 0.316.